The number of amides is 1. The van der Waals surface area contributed by atoms with Crippen LogP contribution in [0.4, 0.5) is 11.4 Å². The van der Waals surface area contributed by atoms with E-state index >= 15 is 0 Å². The van der Waals surface area contributed by atoms with Crippen LogP contribution in [-0.4, -0.2) is 15.8 Å². The zero-order valence-electron chi connectivity index (χ0n) is 13.4. The van der Waals surface area contributed by atoms with Gasteiger partial charge >= 0.3 is 0 Å². The number of aromatic nitrogens is 1. The number of carbonyl (C=O) groups excluding carboxylic acids is 1. The van der Waals surface area contributed by atoms with Gasteiger partial charge in [-0.3, -0.25) is 14.9 Å². The second-order valence-electron chi connectivity index (χ2n) is 5.45. The standard InChI is InChI=1S/C18H15N3O3S/c1-12-17(25-16(19-12)10-13-6-3-2-4-7-13)18(22)20-14-8-5-9-15(11-14)21(23)24/h2-9,11H,10H2,1H3,(H,20,22). The molecule has 1 heterocycles. The molecule has 0 fully saturated rings. The summed E-state index contributed by atoms with van der Waals surface area (Å²) < 4.78 is 0. The minimum absolute atomic E-state index is 0.0661. The van der Waals surface area contributed by atoms with Crippen LogP contribution in [0.1, 0.15) is 25.9 Å². The summed E-state index contributed by atoms with van der Waals surface area (Å²) in [4.78, 5) is 27.8. The maximum Gasteiger partial charge on any atom is 0.271 e. The lowest BCUT2D eigenvalue weighted by Crippen LogP contribution is -2.11. The van der Waals surface area contributed by atoms with Crippen LogP contribution < -0.4 is 5.32 Å². The zero-order chi connectivity index (χ0) is 17.8. The first-order valence-electron chi connectivity index (χ1n) is 7.59. The summed E-state index contributed by atoms with van der Waals surface area (Å²) in [5.74, 6) is -0.310. The van der Waals surface area contributed by atoms with Crippen molar-refractivity contribution in [2.45, 2.75) is 13.3 Å². The van der Waals surface area contributed by atoms with Gasteiger partial charge in [-0.05, 0) is 18.6 Å². The molecule has 3 rings (SSSR count). The second kappa shape index (κ2) is 7.23. The third kappa shape index (κ3) is 4.07. The molecule has 0 aliphatic heterocycles. The Balaban J connectivity index is 1.76. The second-order valence-corrected chi connectivity index (χ2v) is 6.53. The number of non-ortho nitro benzene ring substituents is 1. The number of benzene rings is 2. The molecule has 0 radical (unpaired) electrons. The first-order chi connectivity index (χ1) is 12.0. The van der Waals surface area contributed by atoms with Gasteiger partial charge in [0.1, 0.15) is 4.88 Å². The van der Waals surface area contributed by atoms with Gasteiger partial charge in [0.2, 0.25) is 0 Å². The quantitative estimate of drug-likeness (QED) is 0.550. The molecule has 3 aromatic rings. The third-order valence-corrected chi connectivity index (χ3v) is 4.72. The van der Waals surface area contributed by atoms with Crippen molar-refractivity contribution < 1.29 is 9.72 Å². The van der Waals surface area contributed by atoms with Gasteiger partial charge in [-0.1, -0.05) is 36.4 Å². The molecule has 0 spiro atoms. The van der Waals surface area contributed by atoms with E-state index in [4.69, 9.17) is 0 Å². The number of nitrogens with zero attached hydrogens (tertiary/aromatic N) is 2. The SMILES string of the molecule is Cc1nc(Cc2ccccc2)sc1C(=O)Nc1cccc([N+](=O)[O-])c1. The number of aryl methyl sites for hydroxylation is 1. The first-order valence-corrected chi connectivity index (χ1v) is 8.40. The fourth-order valence-electron chi connectivity index (χ4n) is 2.39. The number of carbonyl (C=O) groups is 1. The van der Waals surface area contributed by atoms with Crippen LogP contribution in [0.25, 0.3) is 0 Å². The Morgan fingerprint density at radius 3 is 2.68 bits per heavy atom. The lowest BCUT2D eigenvalue weighted by atomic mass is 10.2. The van der Waals surface area contributed by atoms with Crippen molar-refractivity contribution in [2.75, 3.05) is 5.32 Å². The first kappa shape index (κ1) is 16.8. The van der Waals surface area contributed by atoms with Crippen LogP contribution in [0.3, 0.4) is 0 Å². The highest BCUT2D eigenvalue weighted by Crippen LogP contribution is 2.23. The molecule has 6 nitrogen and oxygen atoms in total. The molecule has 126 valence electrons. The van der Waals surface area contributed by atoms with Crippen LogP contribution in [0.5, 0.6) is 0 Å². The van der Waals surface area contributed by atoms with Gasteiger partial charge in [-0.2, -0.15) is 0 Å². The van der Waals surface area contributed by atoms with Crippen LogP contribution in [0, 0.1) is 17.0 Å². The number of anilines is 1. The molecule has 0 aliphatic rings. The number of nitro benzene ring substituents is 1. The Labute approximate surface area is 148 Å². The van der Waals surface area contributed by atoms with Gasteiger partial charge in [0, 0.05) is 24.2 Å². The van der Waals surface area contributed by atoms with E-state index in [0.717, 1.165) is 10.6 Å². The van der Waals surface area contributed by atoms with E-state index in [1.165, 1.54) is 29.5 Å². The predicted octanol–water partition coefficient (Wildman–Crippen LogP) is 4.20. The highest BCUT2D eigenvalue weighted by atomic mass is 32.1. The number of thiazole rings is 1. The number of hydrogen-bond donors (Lipinski definition) is 1. The minimum Gasteiger partial charge on any atom is -0.321 e. The molecule has 25 heavy (non-hydrogen) atoms. The molecule has 0 aliphatic carbocycles. The molecule has 2 aromatic carbocycles. The van der Waals surface area contributed by atoms with Crippen molar-refractivity contribution in [3.05, 3.63) is 85.9 Å². The van der Waals surface area contributed by atoms with Gasteiger partial charge in [0.15, 0.2) is 0 Å². The van der Waals surface area contributed by atoms with Crippen LogP contribution in [0.2, 0.25) is 0 Å². The van der Waals surface area contributed by atoms with Crippen molar-refractivity contribution in [2.24, 2.45) is 0 Å². The summed E-state index contributed by atoms with van der Waals surface area (Å²) in [6.07, 6.45) is 0.663. The Kier molecular flexibility index (Phi) is 4.85. The van der Waals surface area contributed by atoms with Crippen LogP contribution >= 0.6 is 11.3 Å². The van der Waals surface area contributed by atoms with E-state index in [-0.39, 0.29) is 11.6 Å². The fraction of sp³-hybridized carbons (Fsp3) is 0.111. The number of rotatable bonds is 5. The lowest BCUT2D eigenvalue weighted by molar-refractivity contribution is -0.384. The molecule has 1 aromatic heterocycles. The summed E-state index contributed by atoms with van der Waals surface area (Å²) in [5.41, 5.74) is 2.10. The van der Waals surface area contributed by atoms with Gasteiger partial charge < -0.3 is 5.32 Å². The third-order valence-electron chi connectivity index (χ3n) is 3.56. The van der Waals surface area contributed by atoms with Crippen molar-refractivity contribution in [1.82, 2.24) is 4.98 Å². The fourth-order valence-corrected chi connectivity index (χ4v) is 3.39. The minimum atomic E-state index is -0.494. The van der Waals surface area contributed by atoms with Crippen LogP contribution in [0.15, 0.2) is 54.6 Å². The molecule has 7 heteroatoms. The van der Waals surface area contributed by atoms with Crippen molar-refractivity contribution in [3.63, 3.8) is 0 Å². The largest absolute Gasteiger partial charge is 0.321 e. The molecular weight excluding hydrogens is 338 g/mol. The molecule has 0 saturated heterocycles. The Hall–Kier alpha value is -3.06. The Bertz CT molecular complexity index is 922. The van der Waals surface area contributed by atoms with E-state index in [1.807, 2.05) is 30.3 Å². The Morgan fingerprint density at radius 1 is 1.20 bits per heavy atom. The Morgan fingerprint density at radius 2 is 1.96 bits per heavy atom. The van der Waals surface area contributed by atoms with Crippen molar-refractivity contribution >= 4 is 28.6 Å². The summed E-state index contributed by atoms with van der Waals surface area (Å²) in [7, 11) is 0. The summed E-state index contributed by atoms with van der Waals surface area (Å²) in [6.45, 7) is 1.79. The average Bonchev–Trinajstić information content (AvgIpc) is 2.96. The molecule has 0 atom stereocenters. The molecule has 0 bridgehead atoms. The van der Waals surface area contributed by atoms with E-state index < -0.39 is 4.92 Å². The maximum atomic E-state index is 12.5. The van der Waals surface area contributed by atoms with Crippen LogP contribution in [-0.2, 0) is 6.42 Å². The number of hydrogen-bond acceptors (Lipinski definition) is 5. The molecular formula is C18H15N3O3S. The highest BCUT2D eigenvalue weighted by molar-refractivity contribution is 7.14. The number of nitro groups is 1. The normalized spacial score (nSPS) is 10.4. The summed E-state index contributed by atoms with van der Waals surface area (Å²) in [5, 5.41) is 14.4. The van der Waals surface area contributed by atoms with E-state index in [2.05, 4.69) is 10.3 Å². The maximum absolute atomic E-state index is 12.5. The van der Waals surface area contributed by atoms with E-state index in [0.29, 0.717) is 22.7 Å². The van der Waals surface area contributed by atoms with Gasteiger partial charge in [0.25, 0.3) is 11.6 Å². The smallest absolute Gasteiger partial charge is 0.271 e. The van der Waals surface area contributed by atoms with Crippen molar-refractivity contribution in [1.29, 1.82) is 0 Å². The van der Waals surface area contributed by atoms with E-state index in [1.54, 1.807) is 13.0 Å². The lowest BCUT2D eigenvalue weighted by Gasteiger charge is -2.03. The zero-order valence-corrected chi connectivity index (χ0v) is 14.2. The molecule has 0 unspecified atom stereocenters. The summed E-state index contributed by atoms with van der Waals surface area (Å²) in [6, 6.07) is 15.8. The molecule has 0 saturated carbocycles. The molecule has 1 N–H and O–H groups in total. The molecule has 1 amide bonds. The predicted molar refractivity (Wildman–Crippen MR) is 97.1 cm³/mol. The van der Waals surface area contributed by atoms with Gasteiger partial charge in [-0.15, -0.1) is 11.3 Å². The monoisotopic (exact) mass is 353 g/mol. The summed E-state index contributed by atoms with van der Waals surface area (Å²) >= 11 is 1.34. The van der Waals surface area contributed by atoms with E-state index in [9.17, 15) is 14.9 Å². The number of nitrogens with one attached hydrogen (secondary N) is 1. The van der Waals surface area contributed by atoms with Crippen molar-refractivity contribution in [3.8, 4) is 0 Å². The van der Waals surface area contributed by atoms with Gasteiger partial charge in [0.05, 0.1) is 15.6 Å². The van der Waals surface area contributed by atoms with Gasteiger partial charge in [-0.25, -0.2) is 4.98 Å². The average molecular weight is 353 g/mol. The highest BCUT2D eigenvalue weighted by Gasteiger charge is 2.16. The topological polar surface area (TPSA) is 85.1 Å².